The fourth-order valence-electron chi connectivity index (χ4n) is 5.53. The van der Waals surface area contributed by atoms with Crippen molar-refractivity contribution in [3.63, 3.8) is 0 Å². The smallest absolute Gasteiger partial charge is 0.302 e. The number of carbonyl (C=O) groups excluding carboxylic acids is 3. The Labute approximate surface area is 169 Å². The highest BCUT2D eigenvalue weighted by molar-refractivity contribution is 6.47. The molecule has 2 aliphatic rings. The predicted octanol–water partition coefficient (Wildman–Crippen LogP) is 3.32. The highest BCUT2D eigenvalue weighted by atomic mass is 16.5. The third kappa shape index (κ3) is 2.98. The van der Waals surface area contributed by atoms with Crippen LogP contribution in [0.15, 0.2) is 0 Å². The first-order valence-corrected chi connectivity index (χ1v) is 9.87. The number of phenolic OH excluding ortho intramolecular Hbond substituents is 3. The molecule has 0 aromatic heterocycles. The lowest BCUT2D eigenvalue weighted by Gasteiger charge is -2.52. The summed E-state index contributed by atoms with van der Waals surface area (Å²) in [6.07, 6.45) is 2.09. The van der Waals surface area contributed by atoms with Gasteiger partial charge in [-0.2, -0.15) is 0 Å². The average Bonchev–Trinajstić information content (AvgIpc) is 2.60. The Morgan fingerprint density at radius 3 is 2.31 bits per heavy atom. The highest BCUT2D eigenvalue weighted by Gasteiger charge is 2.59. The summed E-state index contributed by atoms with van der Waals surface area (Å²) < 4.78 is 4.94. The summed E-state index contributed by atoms with van der Waals surface area (Å²) in [5, 5.41) is 32.5. The Morgan fingerprint density at radius 2 is 1.72 bits per heavy atom. The average molecular weight is 404 g/mol. The van der Waals surface area contributed by atoms with Crippen LogP contribution in [0.3, 0.4) is 0 Å². The second-order valence-corrected chi connectivity index (χ2v) is 9.30. The zero-order valence-corrected chi connectivity index (χ0v) is 17.5. The fraction of sp³-hybridized carbons (Fsp3) is 0.591. The molecule has 7 heteroatoms. The van der Waals surface area contributed by atoms with E-state index in [1.807, 2.05) is 20.8 Å². The Bertz CT molecular complexity index is 914. The molecular weight excluding hydrogens is 376 g/mol. The van der Waals surface area contributed by atoms with E-state index in [4.69, 9.17) is 4.74 Å². The number of rotatable bonds is 3. The monoisotopic (exact) mass is 404 g/mol. The van der Waals surface area contributed by atoms with Crippen LogP contribution in [0.25, 0.3) is 0 Å². The molecule has 3 rings (SSSR count). The molecule has 29 heavy (non-hydrogen) atoms. The molecule has 0 heterocycles. The van der Waals surface area contributed by atoms with E-state index in [2.05, 4.69) is 0 Å². The van der Waals surface area contributed by atoms with Gasteiger partial charge in [0.25, 0.3) is 0 Å². The first-order chi connectivity index (χ1) is 13.3. The largest absolute Gasteiger partial charge is 0.507 e. The number of ketones is 2. The van der Waals surface area contributed by atoms with Crippen molar-refractivity contribution in [3.8, 4) is 17.2 Å². The van der Waals surface area contributed by atoms with E-state index in [9.17, 15) is 29.7 Å². The quantitative estimate of drug-likeness (QED) is 0.306. The van der Waals surface area contributed by atoms with Crippen LogP contribution in [0, 0.1) is 11.3 Å². The van der Waals surface area contributed by atoms with Crippen LogP contribution in [0.4, 0.5) is 0 Å². The Kier molecular flexibility index (Phi) is 4.92. The van der Waals surface area contributed by atoms with Gasteiger partial charge in [-0.25, -0.2) is 0 Å². The van der Waals surface area contributed by atoms with Crippen LogP contribution in [-0.2, 0) is 19.7 Å². The maximum Gasteiger partial charge on any atom is 0.302 e. The highest BCUT2D eigenvalue weighted by Crippen LogP contribution is 2.61. The van der Waals surface area contributed by atoms with Crippen LogP contribution >= 0.6 is 0 Å². The van der Waals surface area contributed by atoms with Gasteiger partial charge in [0, 0.05) is 35.3 Å². The molecule has 0 bridgehead atoms. The van der Waals surface area contributed by atoms with Crippen LogP contribution in [0.5, 0.6) is 17.2 Å². The minimum atomic E-state index is -0.890. The van der Waals surface area contributed by atoms with E-state index in [-0.39, 0.29) is 23.3 Å². The maximum atomic E-state index is 13.1. The summed E-state index contributed by atoms with van der Waals surface area (Å²) in [5.41, 5.74) is -1.57. The molecule has 2 aliphatic carbocycles. The Balaban J connectivity index is 2.27. The van der Waals surface area contributed by atoms with Gasteiger partial charge in [0.2, 0.25) is 11.6 Å². The van der Waals surface area contributed by atoms with Crippen molar-refractivity contribution >= 4 is 17.5 Å². The van der Waals surface area contributed by atoms with Crippen LogP contribution in [-0.4, -0.2) is 39.5 Å². The third-order valence-electron chi connectivity index (χ3n) is 6.71. The van der Waals surface area contributed by atoms with Crippen molar-refractivity contribution in [1.29, 1.82) is 0 Å². The molecule has 0 unspecified atom stereocenters. The minimum absolute atomic E-state index is 0.110. The standard InChI is InChI=1S/C22H28O7/c1-10(9-29-11(2)23)12-15(24)13-14(18(27)16(12)25)22(5)8-6-7-21(3,4)20(22)19(28)17(13)26/h10,20,24-25,27H,6-9H2,1-5H3/t10-,20-,22+/m0/s1. The molecule has 1 aromatic rings. The molecule has 7 nitrogen and oxygen atoms in total. The molecule has 0 radical (unpaired) electrons. The third-order valence-corrected chi connectivity index (χ3v) is 6.71. The number of benzene rings is 1. The fourth-order valence-corrected chi connectivity index (χ4v) is 5.53. The first kappa shape index (κ1) is 21.1. The van der Waals surface area contributed by atoms with E-state index in [1.165, 1.54) is 6.92 Å². The molecule has 1 saturated carbocycles. The Hall–Kier alpha value is -2.57. The number of hydrogen-bond donors (Lipinski definition) is 3. The van der Waals surface area contributed by atoms with E-state index in [1.54, 1.807) is 6.92 Å². The summed E-state index contributed by atoms with van der Waals surface area (Å²) in [5.74, 6) is -4.90. The van der Waals surface area contributed by atoms with Gasteiger partial charge in [0.15, 0.2) is 11.5 Å². The number of Topliss-reactive ketones (excluding diaryl/α,β-unsaturated/α-hetero) is 2. The number of ether oxygens (including phenoxy) is 1. The van der Waals surface area contributed by atoms with Gasteiger partial charge < -0.3 is 20.1 Å². The number of esters is 1. The van der Waals surface area contributed by atoms with Crippen LogP contribution in [0.1, 0.15) is 81.3 Å². The summed E-state index contributed by atoms with van der Waals surface area (Å²) in [6, 6.07) is 0. The van der Waals surface area contributed by atoms with Gasteiger partial charge in [-0.3, -0.25) is 14.4 Å². The lowest BCUT2D eigenvalue weighted by atomic mass is 9.49. The van der Waals surface area contributed by atoms with E-state index < -0.39 is 57.5 Å². The van der Waals surface area contributed by atoms with Crippen LogP contribution in [0.2, 0.25) is 0 Å². The zero-order valence-electron chi connectivity index (χ0n) is 17.5. The molecule has 0 saturated heterocycles. The van der Waals surface area contributed by atoms with Crippen LogP contribution < -0.4 is 0 Å². The van der Waals surface area contributed by atoms with Crippen molar-refractivity contribution in [2.45, 2.75) is 65.2 Å². The molecular formula is C22H28O7. The van der Waals surface area contributed by atoms with E-state index >= 15 is 0 Å². The SMILES string of the molecule is CC(=O)OC[C@H](C)c1c(O)c(O)c2c(c1O)C(=O)C(=O)[C@H]1C(C)(C)CCC[C@]21C. The van der Waals surface area contributed by atoms with Crippen molar-refractivity contribution in [2.75, 3.05) is 6.61 Å². The molecule has 1 aromatic carbocycles. The van der Waals surface area contributed by atoms with Gasteiger partial charge in [0.1, 0.15) is 5.75 Å². The van der Waals surface area contributed by atoms with Crippen molar-refractivity contribution in [2.24, 2.45) is 11.3 Å². The molecule has 3 atom stereocenters. The molecule has 0 aliphatic heterocycles. The van der Waals surface area contributed by atoms with Crippen molar-refractivity contribution in [1.82, 2.24) is 0 Å². The Morgan fingerprint density at radius 1 is 1.10 bits per heavy atom. The topological polar surface area (TPSA) is 121 Å². The lowest BCUT2D eigenvalue weighted by Crippen LogP contribution is -2.54. The molecule has 3 N–H and O–H groups in total. The number of hydrogen-bond acceptors (Lipinski definition) is 7. The van der Waals surface area contributed by atoms with E-state index in [0.717, 1.165) is 12.8 Å². The predicted molar refractivity (Wildman–Crippen MR) is 104 cm³/mol. The van der Waals surface area contributed by atoms with Gasteiger partial charge in [0.05, 0.1) is 12.2 Å². The molecule has 0 spiro atoms. The number of carbonyl (C=O) groups is 3. The van der Waals surface area contributed by atoms with Crippen molar-refractivity contribution < 1.29 is 34.4 Å². The second kappa shape index (κ2) is 6.75. The van der Waals surface area contributed by atoms with Gasteiger partial charge in [-0.1, -0.05) is 34.1 Å². The molecule has 0 amide bonds. The lowest BCUT2D eigenvalue weighted by molar-refractivity contribution is -0.141. The van der Waals surface area contributed by atoms with E-state index in [0.29, 0.717) is 6.42 Å². The summed E-state index contributed by atoms with van der Waals surface area (Å²) in [7, 11) is 0. The summed E-state index contributed by atoms with van der Waals surface area (Å²) >= 11 is 0. The minimum Gasteiger partial charge on any atom is -0.507 e. The summed E-state index contributed by atoms with van der Waals surface area (Å²) in [4.78, 5) is 37.3. The molecule has 1 fully saturated rings. The first-order valence-electron chi connectivity index (χ1n) is 9.87. The number of phenols is 3. The normalized spacial score (nSPS) is 26.4. The molecule has 158 valence electrons. The van der Waals surface area contributed by atoms with Gasteiger partial charge in [-0.15, -0.1) is 0 Å². The summed E-state index contributed by atoms with van der Waals surface area (Å²) in [6.45, 7) is 8.30. The van der Waals surface area contributed by atoms with Gasteiger partial charge in [-0.05, 0) is 18.3 Å². The maximum absolute atomic E-state index is 13.1. The van der Waals surface area contributed by atoms with Crippen molar-refractivity contribution in [3.05, 3.63) is 16.7 Å². The zero-order chi connectivity index (χ0) is 21.9. The second-order valence-electron chi connectivity index (χ2n) is 9.30. The number of fused-ring (bicyclic) bond motifs is 3. The number of aromatic hydroxyl groups is 3. The van der Waals surface area contributed by atoms with Gasteiger partial charge >= 0.3 is 5.97 Å².